The third-order valence-corrected chi connectivity index (χ3v) is 8.39. The SMILES string of the molecule is O=C(CN1C(=O)[C@@H]2[C@H]3C=C[C@@H]([C@@H]4C[C@H]34)[C@@H]2C1=O)Nc1ccc(Oc2ccc(-c3ccccc3)cc2)cc1. The molecule has 2 bridgehead atoms. The summed E-state index contributed by atoms with van der Waals surface area (Å²) in [5.41, 5.74) is 2.84. The molecule has 0 unspecified atom stereocenters. The Morgan fingerprint density at radius 1 is 0.757 bits per heavy atom. The summed E-state index contributed by atoms with van der Waals surface area (Å²) < 4.78 is 5.94. The molecule has 37 heavy (non-hydrogen) atoms. The summed E-state index contributed by atoms with van der Waals surface area (Å²) in [5, 5.41) is 2.81. The summed E-state index contributed by atoms with van der Waals surface area (Å²) in [6.07, 6.45) is 5.39. The molecule has 1 N–H and O–H groups in total. The standard InChI is InChI=1S/C31H26N2O4/c34-27(17-33-30(35)28-23-14-15-24(26-16-25(23)26)29(28)31(33)36)32-20-8-12-22(13-9-20)37-21-10-6-19(7-11-21)18-4-2-1-3-5-18/h1-15,23-26,28-29H,16-17H2,(H,32,34)/t23-,24-,25-,26+,28-,29+/m0/s1. The Balaban J connectivity index is 0.966. The fourth-order valence-electron chi connectivity index (χ4n) is 6.61. The van der Waals surface area contributed by atoms with E-state index in [-0.39, 0.29) is 47.9 Å². The fourth-order valence-corrected chi connectivity index (χ4v) is 6.61. The summed E-state index contributed by atoms with van der Waals surface area (Å²) in [5.74, 6) is 1.46. The molecule has 6 atom stereocenters. The number of likely N-dealkylation sites (tertiary alicyclic amines) is 1. The summed E-state index contributed by atoms with van der Waals surface area (Å²) >= 11 is 0. The number of rotatable bonds is 6. The minimum Gasteiger partial charge on any atom is -0.457 e. The highest BCUT2D eigenvalue weighted by Gasteiger charge is 2.67. The van der Waals surface area contributed by atoms with Crippen molar-refractivity contribution in [3.05, 3.63) is 91.0 Å². The highest BCUT2D eigenvalue weighted by molar-refractivity contribution is 6.09. The largest absolute Gasteiger partial charge is 0.457 e. The molecular formula is C31H26N2O4. The lowest BCUT2D eigenvalue weighted by Crippen LogP contribution is -2.40. The summed E-state index contributed by atoms with van der Waals surface area (Å²) in [6.45, 7) is -0.245. The van der Waals surface area contributed by atoms with E-state index in [1.807, 2.05) is 42.5 Å². The van der Waals surface area contributed by atoms with Crippen LogP contribution in [0.1, 0.15) is 6.42 Å². The molecule has 1 heterocycles. The zero-order valence-electron chi connectivity index (χ0n) is 20.1. The van der Waals surface area contributed by atoms with Crippen molar-refractivity contribution in [2.75, 3.05) is 11.9 Å². The van der Waals surface area contributed by atoms with E-state index >= 15 is 0 Å². The first-order valence-electron chi connectivity index (χ1n) is 12.8. The van der Waals surface area contributed by atoms with Crippen LogP contribution in [0.2, 0.25) is 0 Å². The maximum absolute atomic E-state index is 13.1. The molecule has 6 heteroatoms. The number of hydrogen-bond acceptors (Lipinski definition) is 4. The van der Waals surface area contributed by atoms with Crippen molar-refractivity contribution in [2.24, 2.45) is 35.5 Å². The van der Waals surface area contributed by atoms with Crippen LogP contribution >= 0.6 is 0 Å². The van der Waals surface area contributed by atoms with Gasteiger partial charge in [-0.3, -0.25) is 19.3 Å². The van der Waals surface area contributed by atoms with E-state index in [1.54, 1.807) is 24.3 Å². The lowest BCUT2D eigenvalue weighted by Gasteiger charge is -2.37. The van der Waals surface area contributed by atoms with Gasteiger partial charge in [-0.1, -0.05) is 54.6 Å². The minimum absolute atomic E-state index is 0.159. The van der Waals surface area contributed by atoms with Gasteiger partial charge in [0.1, 0.15) is 18.0 Å². The minimum atomic E-state index is -0.379. The maximum atomic E-state index is 13.1. The third-order valence-electron chi connectivity index (χ3n) is 8.39. The number of carbonyl (C=O) groups is 3. The molecule has 184 valence electrons. The molecule has 0 spiro atoms. The van der Waals surface area contributed by atoms with E-state index < -0.39 is 0 Å². The Labute approximate surface area is 214 Å². The molecule has 3 amide bonds. The monoisotopic (exact) mass is 490 g/mol. The number of hydrogen-bond donors (Lipinski definition) is 1. The van der Waals surface area contributed by atoms with Crippen molar-refractivity contribution in [3.8, 4) is 22.6 Å². The molecule has 6 nitrogen and oxygen atoms in total. The molecule has 8 rings (SSSR count). The second-order valence-electron chi connectivity index (χ2n) is 10.5. The molecule has 1 aliphatic heterocycles. The summed E-state index contributed by atoms with van der Waals surface area (Å²) in [4.78, 5) is 40.1. The summed E-state index contributed by atoms with van der Waals surface area (Å²) in [6, 6.07) is 25.1. The Morgan fingerprint density at radius 2 is 1.30 bits per heavy atom. The molecule has 3 fully saturated rings. The number of nitrogens with one attached hydrogen (secondary N) is 1. The van der Waals surface area contributed by atoms with Crippen LogP contribution in [0.25, 0.3) is 11.1 Å². The Morgan fingerprint density at radius 3 is 1.89 bits per heavy atom. The highest BCUT2D eigenvalue weighted by atomic mass is 16.5. The van der Waals surface area contributed by atoms with E-state index in [1.165, 1.54) is 4.90 Å². The van der Waals surface area contributed by atoms with Gasteiger partial charge in [0.25, 0.3) is 0 Å². The highest BCUT2D eigenvalue weighted by Crippen LogP contribution is 2.65. The zero-order valence-corrected chi connectivity index (χ0v) is 20.1. The summed E-state index contributed by atoms with van der Waals surface area (Å²) in [7, 11) is 0. The molecule has 1 saturated heterocycles. The van der Waals surface area contributed by atoms with Gasteiger partial charge in [0.05, 0.1) is 11.8 Å². The average molecular weight is 491 g/mol. The molecule has 0 aromatic heterocycles. The van der Waals surface area contributed by atoms with E-state index in [4.69, 9.17) is 4.74 Å². The van der Waals surface area contributed by atoms with Gasteiger partial charge in [0.15, 0.2) is 0 Å². The molecule has 0 radical (unpaired) electrons. The smallest absolute Gasteiger partial charge is 0.244 e. The van der Waals surface area contributed by atoms with Crippen LogP contribution in [-0.4, -0.2) is 29.2 Å². The first-order valence-corrected chi connectivity index (χ1v) is 12.8. The number of allylic oxidation sites excluding steroid dienone is 2. The zero-order chi connectivity index (χ0) is 25.1. The lowest BCUT2D eigenvalue weighted by molar-refractivity contribution is -0.142. The van der Waals surface area contributed by atoms with Crippen LogP contribution in [0.5, 0.6) is 11.5 Å². The van der Waals surface area contributed by atoms with Crippen molar-refractivity contribution in [1.82, 2.24) is 4.90 Å². The van der Waals surface area contributed by atoms with Crippen molar-refractivity contribution >= 4 is 23.4 Å². The van der Waals surface area contributed by atoms with Gasteiger partial charge in [0.2, 0.25) is 17.7 Å². The van der Waals surface area contributed by atoms with Crippen molar-refractivity contribution < 1.29 is 19.1 Å². The number of amides is 3. The third kappa shape index (κ3) is 3.75. The fraction of sp³-hybridized carbons (Fsp3) is 0.258. The average Bonchev–Trinajstić information content (AvgIpc) is 3.72. The second-order valence-corrected chi connectivity index (χ2v) is 10.5. The Hall–Kier alpha value is -4.19. The van der Waals surface area contributed by atoms with Gasteiger partial charge in [-0.25, -0.2) is 0 Å². The van der Waals surface area contributed by atoms with Crippen LogP contribution in [0.3, 0.4) is 0 Å². The second kappa shape index (κ2) is 8.44. The maximum Gasteiger partial charge on any atom is 0.244 e. The molecule has 2 saturated carbocycles. The normalized spacial score (nSPS) is 28.6. The van der Waals surface area contributed by atoms with Gasteiger partial charge in [0, 0.05) is 5.69 Å². The number of imide groups is 1. The van der Waals surface area contributed by atoms with Crippen molar-refractivity contribution in [1.29, 1.82) is 0 Å². The number of ether oxygens (including phenoxy) is 1. The van der Waals surface area contributed by atoms with Crippen LogP contribution in [0, 0.1) is 35.5 Å². The molecule has 3 aromatic rings. The van der Waals surface area contributed by atoms with Crippen molar-refractivity contribution in [2.45, 2.75) is 6.42 Å². The first kappa shape index (κ1) is 22.0. The molecule has 3 aromatic carbocycles. The molecule has 5 aliphatic rings. The van der Waals surface area contributed by atoms with E-state index in [0.717, 1.165) is 17.5 Å². The number of benzene rings is 3. The van der Waals surface area contributed by atoms with Gasteiger partial charge >= 0.3 is 0 Å². The van der Waals surface area contributed by atoms with Gasteiger partial charge in [-0.2, -0.15) is 0 Å². The first-order chi connectivity index (χ1) is 18.1. The molecular weight excluding hydrogens is 464 g/mol. The van der Waals surface area contributed by atoms with Crippen molar-refractivity contribution in [3.63, 3.8) is 0 Å². The predicted molar refractivity (Wildman–Crippen MR) is 138 cm³/mol. The van der Waals surface area contributed by atoms with Gasteiger partial charge < -0.3 is 10.1 Å². The quantitative estimate of drug-likeness (QED) is 0.384. The van der Waals surface area contributed by atoms with Gasteiger partial charge in [-0.05, 0) is 77.6 Å². The van der Waals surface area contributed by atoms with Crippen LogP contribution in [0.15, 0.2) is 91.0 Å². The molecule has 4 aliphatic carbocycles. The van der Waals surface area contributed by atoms with Crippen LogP contribution in [-0.2, 0) is 14.4 Å². The van der Waals surface area contributed by atoms with Gasteiger partial charge in [-0.15, -0.1) is 0 Å². The van der Waals surface area contributed by atoms with E-state index in [0.29, 0.717) is 29.0 Å². The predicted octanol–water partition coefficient (Wildman–Crippen LogP) is 5.14. The number of anilines is 1. The Kier molecular flexibility index (Phi) is 5.03. The Bertz CT molecular complexity index is 1380. The van der Waals surface area contributed by atoms with E-state index in [9.17, 15) is 14.4 Å². The number of nitrogens with zero attached hydrogens (tertiary/aromatic N) is 1. The number of carbonyl (C=O) groups excluding carboxylic acids is 3. The van der Waals surface area contributed by atoms with Crippen LogP contribution < -0.4 is 10.1 Å². The van der Waals surface area contributed by atoms with E-state index in [2.05, 4.69) is 29.6 Å². The lowest BCUT2D eigenvalue weighted by atomic mass is 9.63. The topological polar surface area (TPSA) is 75.7 Å². The van der Waals surface area contributed by atoms with Crippen LogP contribution in [0.4, 0.5) is 5.69 Å².